The highest BCUT2D eigenvalue weighted by molar-refractivity contribution is 14.0. The molecule has 0 amide bonds. The summed E-state index contributed by atoms with van der Waals surface area (Å²) in [7, 11) is 0. The Morgan fingerprint density at radius 2 is 2.10 bits per heavy atom. The van der Waals surface area contributed by atoms with Crippen molar-refractivity contribution in [2.45, 2.75) is 45.3 Å². The standard InChI is InChI=1S/C14H29N3OS.HI/c1-5-15-12(16-9-13(2,3)11-18)17-10-14(4)7-6-8-19-14;/h18H,5-11H2,1-4H3,(H2,15,16,17);1H. The first kappa shape index (κ1) is 20.3. The molecule has 0 bridgehead atoms. The highest BCUT2D eigenvalue weighted by Crippen LogP contribution is 2.36. The lowest BCUT2D eigenvalue weighted by atomic mass is 9.95. The van der Waals surface area contributed by atoms with E-state index < -0.39 is 0 Å². The molecule has 120 valence electrons. The van der Waals surface area contributed by atoms with Crippen molar-refractivity contribution in [1.29, 1.82) is 0 Å². The second-order valence-corrected chi connectivity index (χ2v) is 7.96. The average molecular weight is 415 g/mol. The van der Waals surface area contributed by atoms with Crippen LogP contribution in [0.15, 0.2) is 4.99 Å². The SMILES string of the molecule is CCNC(=NCC(C)(C)CO)NCC1(C)CCCS1.I. The lowest BCUT2D eigenvalue weighted by Gasteiger charge is -2.25. The summed E-state index contributed by atoms with van der Waals surface area (Å²) in [4.78, 5) is 4.57. The van der Waals surface area contributed by atoms with Crippen LogP contribution in [-0.4, -0.2) is 47.8 Å². The molecular weight excluding hydrogens is 385 g/mol. The number of nitrogens with zero attached hydrogens (tertiary/aromatic N) is 1. The highest BCUT2D eigenvalue weighted by atomic mass is 127. The third-order valence-corrected chi connectivity index (χ3v) is 4.91. The van der Waals surface area contributed by atoms with Crippen LogP contribution in [0.25, 0.3) is 0 Å². The van der Waals surface area contributed by atoms with Crippen LogP contribution in [-0.2, 0) is 0 Å². The van der Waals surface area contributed by atoms with E-state index in [1.807, 2.05) is 25.6 Å². The molecule has 0 saturated carbocycles. The molecule has 1 unspecified atom stereocenters. The van der Waals surface area contributed by atoms with E-state index in [4.69, 9.17) is 0 Å². The summed E-state index contributed by atoms with van der Waals surface area (Å²) in [5.41, 5.74) is -0.158. The number of halogens is 1. The minimum absolute atomic E-state index is 0. The molecule has 0 aliphatic carbocycles. The first-order chi connectivity index (χ1) is 8.91. The number of aliphatic hydroxyl groups is 1. The van der Waals surface area contributed by atoms with Crippen molar-refractivity contribution in [1.82, 2.24) is 10.6 Å². The van der Waals surface area contributed by atoms with Crippen LogP contribution in [0.4, 0.5) is 0 Å². The van der Waals surface area contributed by atoms with E-state index in [-0.39, 0.29) is 36.0 Å². The van der Waals surface area contributed by atoms with Gasteiger partial charge in [0.15, 0.2) is 5.96 Å². The molecule has 0 aromatic carbocycles. The van der Waals surface area contributed by atoms with Gasteiger partial charge in [-0.25, -0.2) is 0 Å². The van der Waals surface area contributed by atoms with Gasteiger partial charge in [-0.15, -0.1) is 24.0 Å². The lowest BCUT2D eigenvalue weighted by Crippen LogP contribution is -2.44. The van der Waals surface area contributed by atoms with Gasteiger partial charge in [0.1, 0.15) is 0 Å². The maximum atomic E-state index is 9.27. The number of thioether (sulfide) groups is 1. The van der Waals surface area contributed by atoms with E-state index in [0.29, 0.717) is 11.3 Å². The van der Waals surface area contributed by atoms with Crippen LogP contribution in [0.3, 0.4) is 0 Å². The van der Waals surface area contributed by atoms with Gasteiger partial charge in [0.05, 0.1) is 6.54 Å². The maximum absolute atomic E-state index is 9.27. The lowest BCUT2D eigenvalue weighted by molar-refractivity contribution is 0.167. The number of guanidine groups is 1. The van der Waals surface area contributed by atoms with E-state index in [1.54, 1.807) is 0 Å². The quantitative estimate of drug-likeness (QED) is 0.355. The summed E-state index contributed by atoms with van der Waals surface area (Å²) in [6.07, 6.45) is 2.58. The molecule has 0 radical (unpaired) electrons. The van der Waals surface area contributed by atoms with Gasteiger partial charge >= 0.3 is 0 Å². The van der Waals surface area contributed by atoms with E-state index in [0.717, 1.165) is 19.0 Å². The third kappa shape index (κ3) is 7.36. The molecule has 6 heteroatoms. The molecule has 1 aliphatic heterocycles. The fourth-order valence-corrected chi connectivity index (χ4v) is 3.18. The Morgan fingerprint density at radius 1 is 1.40 bits per heavy atom. The molecule has 20 heavy (non-hydrogen) atoms. The van der Waals surface area contributed by atoms with Crippen LogP contribution in [0.2, 0.25) is 0 Å². The first-order valence-corrected chi connectivity index (χ1v) is 8.16. The van der Waals surface area contributed by atoms with E-state index in [2.05, 4.69) is 29.5 Å². The molecule has 1 saturated heterocycles. The number of aliphatic imine (C=N–C) groups is 1. The van der Waals surface area contributed by atoms with Gasteiger partial charge < -0.3 is 15.7 Å². The Kier molecular flexibility index (Phi) is 9.50. The summed E-state index contributed by atoms with van der Waals surface area (Å²) in [5, 5.41) is 16.0. The smallest absolute Gasteiger partial charge is 0.191 e. The molecule has 1 rings (SSSR count). The maximum Gasteiger partial charge on any atom is 0.191 e. The summed E-state index contributed by atoms with van der Waals surface area (Å²) in [5.74, 6) is 2.13. The van der Waals surface area contributed by atoms with Crippen LogP contribution in [0, 0.1) is 5.41 Å². The van der Waals surface area contributed by atoms with Crippen molar-refractivity contribution in [2.75, 3.05) is 32.0 Å². The van der Waals surface area contributed by atoms with Crippen molar-refractivity contribution in [2.24, 2.45) is 10.4 Å². The second kappa shape index (κ2) is 9.35. The Labute approximate surface area is 145 Å². The van der Waals surface area contributed by atoms with Crippen LogP contribution < -0.4 is 10.6 Å². The fraction of sp³-hybridized carbons (Fsp3) is 0.929. The zero-order chi connectivity index (χ0) is 14.4. The molecule has 1 fully saturated rings. The topological polar surface area (TPSA) is 56.7 Å². The predicted molar refractivity (Wildman–Crippen MR) is 100 cm³/mol. The van der Waals surface area contributed by atoms with Gasteiger partial charge in [-0.2, -0.15) is 11.8 Å². The van der Waals surface area contributed by atoms with Crippen LogP contribution in [0.5, 0.6) is 0 Å². The Balaban J connectivity index is 0.00000361. The molecule has 1 heterocycles. The monoisotopic (exact) mass is 415 g/mol. The van der Waals surface area contributed by atoms with Gasteiger partial charge in [-0.3, -0.25) is 4.99 Å². The van der Waals surface area contributed by atoms with E-state index in [1.165, 1.54) is 18.6 Å². The van der Waals surface area contributed by atoms with Crippen LogP contribution >= 0.6 is 35.7 Å². The predicted octanol–water partition coefficient (Wildman–Crippen LogP) is 2.46. The van der Waals surface area contributed by atoms with Gasteiger partial charge in [0.2, 0.25) is 0 Å². The molecule has 0 aromatic heterocycles. The number of nitrogens with one attached hydrogen (secondary N) is 2. The van der Waals surface area contributed by atoms with Crippen molar-refractivity contribution >= 4 is 41.7 Å². The number of aliphatic hydroxyl groups excluding tert-OH is 1. The molecule has 3 N–H and O–H groups in total. The second-order valence-electron chi connectivity index (χ2n) is 6.27. The normalized spacial score (nSPS) is 23.4. The number of hydrogen-bond acceptors (Lipinski definition) is 3. The summed E-state index contributed by atoms with van der Waals surface area (Å²) < 4.78 is 0.336. The first-order valence-electron chi connectivity index (χ1n) is 7.18. The molecule has 1 atom stereocenters. The minimum Gasteiger partial charge on any atom is -0.396 e. The molecule has 0 aromatic rings. The molecular formula is C14H30IN3OS. The van der Waals surface area contributed by atoms with Gasteiger partial charge in [0.25, 0.3) is 0 Å². The summed E-state index contributed by atoms with van der Waals surface area (Å²) in [6.45, 7) is 11.0. The van der Waals surface area contributed by atoms with Crippen molar-refractivity contribution in [3.05, 3.63) is 0 Å². The minimum atomic E-state index is -0.158. The Bertz CT molecular complexity index is 305. The van der Waals surface area contributed by atoms with Crippen molar-refractivity contribution in [3.63, 3.8) is 0 Å². The third-order valence-electron chi connectivity index (χ3n) is 3.37. The van der Waals surface area contributed by atoms with Gasteiger partial charge in [-0.05, 0) is 32.4 Å². The van der Waals surface area contributed by atoms with Crippen molar-refractivity contribution in [3.8, 4) is 0 Å². The van der Waals surface area contributed by atoms with E-state index in [9.17, 15) is 5.11 Å². The zero-order valence-electron chi connectivity index (χ0n) is 13.2. The molecule has 4 nitrogen and oxygen atoms in total. The Morgan fingerprint density at radius 3 is 2.60 bits per heavy atom. The Hall–Kier alpha value is 0.310. The molecule has 0 spiro atoms. The zero-order valence-corrected chi connectivity index (χ0v) is 16.3. The van der Waals surface area contributed by atoms with Crippen LogP contribution in [0.1, 0.15) is 40.5 Å². The number of hydrogen-bond donors (Lipinski definition) is 3. The fourth-order valence-electron chi connectivity index (χ4n) is 1.93. The van der Waals surface area contributed by atoms with Crippen molar-refractivity contribution < 1.29 is 5.11 Å². The highest BCUT2D eigenvalue weighted by Gasteiger charge is 2.29. The average Bonchev–Trinajstić information content (AvgIpc) is 2.80. The molecule has 1 aliphatic rings. The van der Waals surface area contributed by atoms with E-state index >= 15 is 0 Å². The number of rotatable bonds is 6. The van der Waals surface area contributed by atoms with Gasteiger partial charge in [0, 0.05) is 29.9 Å². The largest absolute Gasteiger partial charge is 0.396 e. The van der Waals surface area contributed by atoms with Gasteiger partial charge in [-0.1, -0.05) is 13.8 Å². The summed E-state index contributed by atoms with van der Waals surface area (Å²) >= 11 is 2.05. The summed E-state index contributed by atoms with van der Waals surface area (Å²) in [6, 6.07) is 0.